The van der Waals surface area contributed by atoms with E-state index >= 15 is 0 Å². The van der Waals surface area contributed by atoms with Gasteiger partial charge in [-0.25, -0.2) is 0 Å². The molecule has 2 unspecified atom stereocenters. The van der Waals surface area contributed by atoms with E-state index in [0.29, 0.717) is 24.4 Å². The molecule has 0 saturated carbocycles. The number of H-pyrrole nitrogens is 1. The van der Waals surface area contributed by atoms with Gasteiger partial charge in [-0.2, -0.15) is 0 Å². The molecule has 1 aliphatic rings. The Bertz CT molecular complexity index is 778. The zero-order valence-corrected chi connectivity index (χ0v) is 15.1. The molecule has 138 valence electrons. The Morgan fingerprint density at radius 2 is 2.04 bits per heavy atom. The van der Waals surface area contributed by atoms with Gasteiger partial charge in [0.1, 0.15) is 0 Å². The minimum absolute atomic E-state index is 0.0120. The van der Waals surface area contributed by atoms with Crippen LogP contribution < -0.4 is 5.56 Å². The van der Waals surface area contributed by atoms with Crippen molar-refractivity contribution in [2.24, 2.45) is 5.92 Å². The minimum atomic E-state index is -0.745. The fourth-order valence-electron chi connectivity index (χ4n) is 3.83. The van der Waals surface area contributed by atoms with Crippen LogP contribution in [0.1, 0.15) is 35.7 Å². The van der Waals surface area contributed by atoms with Crippen molar-refractivity contribution in [2.75, 3.05) is 19.6 Å². The van der Waals surface area contributed by atoms with E-state index in [0.717, 1.165) is 31.5 Å². The number of ketones is 1. The number of rotatable bonds is 7. The lowest BCUT2D eigenvalue weighted by atomic mass is 9.86. The van der Waals surface area contributed by atoms with Gasteiger partial charge in [0, 0.05) is 30.8 Å². The Hall–Kier alpha value is -2.24. The van der Waals surface area contributed by atoms with E-state index in [1.54, 1.807) is 6.07 Å². The van der Waals surface area contributed by atoms with Gasteiger partial charge in [0.2, 0.25) is 5.56 Å². The number of Topliss-reactive ketones (excluding diaryl/α,β-unsaturated/α-hetero) is 1. The van der Waals surface area contributed by atoms with Crippen LogP contribution in [0, 0.1) is 5.92 Å². The first-order chi connectivity index (χ1) is 12.4. The van der Waals surface area contributed by atoms with E-state index in [1.165, 1.54) is 12.3 Å². The van der Waals surface area contributed by atoms with Gasteiger partial charge in [-0.15, -0.1) is 0 Å². The van der Waals surface area contributed by atoms with Crippen molar-refractivity contribution >= 4 is 5.78 Å². The predicted molar refractivity (Wildman–Crippen MR) is 101 cm³/mol. The molecule has 3 rings (SSSR count). The summed E-state index contributed by atoms with van der Waals surface area (Å²) in [7, 11) is 0. The van der Waals surface area contributed by atoms with Crippen LogP contribution in [-0.4, -0.2) is 46.0 Å². The maximum atomic E-state index is 12.3. The molecule has 0 aliphatic carbocycles. The smallest absolute Gasteiger partial charge is 0.247 e. The number of carbonyl (C=O) groups excluding carboxylic acids is 1. The van der Waals surface area contributed by atoms with Crippen LogP contribution in [0.15, 0.2) is 53.5 Å². The lowest BCUT2D eigenvalue weighted by Gasteiger charge is -2.27. The molecule has 0 bridgehead atoms. The second-order valence-corrected chi connectivity index (χ2v) is 7.62. The maximum Gasteiger partial charge on any atom is 0.247 e. The van der Waals surface area contributed by atoms with Gasteiger partial charge in [-0.3, -0.25) is 14.5 Å². The largest absolute Gasteiger partial charge is 0.390 e. The third-order valence-corrected chi connectivity index (χ3v) is 5.00. The second kappa shape index (κ2) is 7.98. The van der Waals surface area contributed by atoms with E-state index in [4.69, 9.17) is 0 Å². The molecule has 0 spiro atoms. The van der Waals surface area contributed by atoms with Gasteiger partial charge in [0.05, 0.1) is 12.1 Å². The summed E-state index contributed by atoms with van der Waals surface area (Å²) in [6.45, 7) is 3.93. The summed E-state index contributed by atoms with van der Waals surface area (Å²) in [6.07, 6.45) is 3.83. The zero-order valence-electron chi connectivity index (χ0n) is 15.1. The first-order valence-electron chi connectivity index (χ1n) is 9.12. The Morgan fingerprint density at radius 3 is 2.73 bits per heavy atom. The highest BCUT2D eigenvalue weighted by molar-refractivity contribution is 5.97. The molecule has 1 saturated heterocycles. The van der Waals surface area contributed by atoms with Crippen LogP contribution in [0.5, 0.6) is 0 Å². The van der Waals surface area contributed by atoms with E-state index < -0.39 is 5.60 Å². The van der Waals surface area contributed by atoms with Crippen molar-refractivity contribution in [3.05, 3.63) is 70.1 Å². The lowest BCUT2D eigenvalue weighted by molar-refractivity contribution is 0.0351. The van der Waals surface area contributed by atoms with E-state index in [9.17, 15) is 14.7 Å². The molecule has 26 heavy (non-hydrogen) atoms. The number of hydrogen-bond donors (Lipinski definition) is 2. The molecule has 5 nitrogen and oxygen atoms in total. The summed E-state index contributed by atoms with van der Waals surface area (Å²) in [5.41, 5.74) is 0.721. The fraction of sp³-hybridized carbons (Fsp3) is 0.429. The molecule has 2 atom stereocenters. The number of nitrogens with zero attached hydrogens (tertiary/aromatic N) is 1. The molecule has 2 N–H and O–H groups in total. The average Bonchev–Trinajstić information content (AvgIpc) is 3.01. The summed E-state index contributed by atoms with van der Waals surface area (Å²) < 4.78 is 0. The Balaban J connectivity index is 1.51. The summed E-state index contributed by atoms with van der Waals surface area (Å²) in [6, 6.07) is 13.0. The van der Waals surface area contributed by atoms with Crippen LogP contribution in [0.3, 0.4) is 0 Å². The van der Waals surface area contributed by atoms with Crippen molar-refractivity contribution in [1.29, 1.82) is 0 Å². The van der Waals surface area contributed by atoms with Crippen LogP contribution in [0.25, 0.3) is 0 Å². The first kappa shape index (κ1) is 18.5. The fourth-order valence-corrected chi connectivity index (χ4v) is 3.83. The molecule has 5 heteroatoms. The Morgan fingerprint density at radius 1 is 1.27 bits per heavy atom. The highest BCUT2D eigenvalue weighted by Gasteiger charge is 2.31. The van der Waals surface area contributed by atoms with Crippen molar-refractivity contribution < 1.29 is 9.90 Å². The monoisotopic (exact) mass is 354 g/mol. The molecule has 2 heterocycles. The van der Waals surface area contributed by atoms with Gasteiger partial charge in [0.15, 0.2) is 5.78 Å². The number of pyridine rings is 1. The number of carbonyl (C=O) groups is 1. The third-order valence-electron chi connectivity index (χ3n) is 5.00. The van der Waals surface area contributed by atoms with Crippen molar-refractivity contribution in [2.45, 2.75) is 31.8 Å². The number of likely N-dealkylation sites (tertiary alicyclic amines) is 1. The molecule has 1 aromatic heterocycles. The number of hydrogen-bond acceptors (Lipinski definition) is 4. The molecule has 1 aromatic carbocycles. The second-order valence-electron chi connectivity index (χ2n) is 7.62. The van der Waals surface area contributed by atoms with Crippen LogP contribution in [0.2, 0.25) is 0 Å². The SMILES string of the molecule is CC(O)(Cc1ccccc1)CC1CCN(CC(=O)c2ccc(=O)[nH]c2)C1. The normalized spacial score (nSPS) is 20.0. The maximum absolute atomic E-state index is 12.3. The number of nitrogens with one attached hydrogen (secondary N) is 1. The van der Waals surface area contributed by atoms with Crippen molar-refractivity contribution in [3.63, 3.8) is 0 Å². The quantitative estimate of drug-likeness (QED) is 0.748. The summed E-state index contributed by atoms with van der Waals surface area (Å²) >= 11 is 0. The van der Waals surface area contributed by atoms with E-state index in [2.05, 4.69) is 9.88 Å². The average molecular weight is 354 g/mol. The Kier molecular flexibility index (Phi) is 5.69. The molecule has 1 fully saturated rings. The molecular weight excluding hydrogens is 328 g/mol. The van der Waals surface area contributed by atoms with Crippen LogP contribution in [0.4, 0.5) is 0 Å². The number of aliphatic hydroxyl groups is 1. The lowest BCUT2D eigenvalue weighted by Crippen LogP contribution is -2.32. The van der Waals surface area contributed by atoms with Crippen molar-refractivity contribution in [3.8, 4) is 0 Å². The van der Waals surface area contributed by atoms with Gasteiger partial charge in [-0.1, -0.05) is 30.3 Å². The van der Waals surface area contributed by atoms with E-state index in [1.807, 2.05) is 37.3 Å². The summed E-state index contributed by atoms with van der Waals surface area (Å²) in [5, 5.41) is 10.8. The van der Waals surface area contributed by atoms with E-state index in [-0.39, 0.29) is 11.3 Å². The number of benzene rings is 1. The molecule has 0 radical (unpaired) electrons. The highest BCUT2D eigenvalue weighted by atomic mass is 16.3. The van der Waals surface area contributed by atoms with Crippen LogP contribution in [-0.2, 0) is 6.42 Å². The third kappa shape index (κ3) is 5.13. The van der Waals surface area contributed by atoms with Crippen LogP contribution >= 0.6 is 0 Å². The topological polar surface area (TPSA) is 73.4 Å². The predicted octanol–water partition coefficient (Wildman–Crippen LogP) is 2.26. The molecule has 0 amide bonds. The van der Waals surface area contributed by atoms with Gasteiger partial charge in [0.25, 0.3) is 0 Å². The standard InChI is InChI=1S/C21H26N2O3/c1-21(26,11-16-5-3-2-4-6-16)12-17-9-10-23(14-17)15-19(24)18-7-8-20(25)22-13-18/h2-8,13,17,26H,9-12,14-15H2,1H3,(H,22,25). The Labute approximate surface area is 153 Å². The van der Waals surface area contributed by atoms with Gasteiger partial charge >= 0.3 is 0 Å². The summed E-state index contributed by atoms with van der Waals surface area (Å²) in [4.78, 5) is 28.1. The zero-order chi connectivity index (χ0) is 18.6. The first-order valence-corrected chi connectivity index (χ1v) is 9.12. The molecular formula is C21H26N2O3. The van der Waals surface area contributed by atoms with Crippen molar-refractivity contribution in [1.82, 2.24) is 9.88 Å². The van der Waals surface area contributed by atoms with Gasteiger partial charge < -0.3 is 10.1 Å². The minimum Gasteiger partial charge on any atom is -0.390 e. The number of aromatic amines is 1. The van der Waals surface area contributed by atoms with Gasteiger partial charge in [-0.05, 0) is 43.9 Å². The summed E-state index contributed by atoms with van der Waals surface area (Å²) in [5.74, 6) is 0.398. The highest BCUT2D eigenvalue weighted by Crippen LogP contribution is 2.28. The molecule has 1 aliphatic heterocycles. The number of aromatic nitrogens is 1. The molecule has 2 aromatic rings.